The van der Waals surface area contributed by atoms with Crippen molar-refractivity contribution >= 4 is 27.4 Å². The molecule has 116 valence electrons. The molecule has 1 aromatic rings. The average molecular weight is 332 g/mol. The third kappa shape index (κ3) is 2.67. The standard InChI is InChI=1S/C14H18ClNO4S/c1-3-20-13(17)14(8-16)11(12(14)21(2,18)19)9-4-6-10(15)7-5-9/h4-7,11-12H,3,8,16H2,1-2H3/t11-,12-,14-/m0/s1. The maximum absolute atomic E-state index is 12.3. The van der Waals surface area contributed by atoms with Crippen LogP contribution in [0.25, 0.3) is 0 Å². The Bertz CT molecular complexity index is 643. The number of sulfone groups is 1. The van der Waals surface area contributed by atoms with E-state index in [2.05, 4.69) is 0 Å². The fourth-order valence-electron chi connectivity index (χ4n) is 3.01. The van der Waals surface area contributed by atoms with Gasteiger partial charge in [-0.2, -0.15) is 0 Å². The number of carbonyl (C=O) groups is 1. The van der Waals surface area contributed by atoms with Crippen LogP contribution in [0.3, 0.4) is 0 Å². The van der Waals surface area contributed by atoms with Crippen molar-refractivity contribution < 1.29 is 17.9 Å². The molecule has 0 spiro atoms. The molecule has 0 saturated heterocycles. The molecule has 2 N–H and O–H groups in total. The molecule has 0 radical (unpaired) electrons. The Kier molecular flexibility index (Phi) is 4.33. The molecule has 1 saturated carbocycles. The van der Waals surface area contributed by atoms with Crippen LogP contribution in [0.1, 0.15) is 18.4 Å². The summed E-state index contributed by atoms with van der Waals surface area (Å²) < 4.78 is 29.1. The molecule has 21 heavy (non-hydrogen) atoms. The second-order valence-electron chi connectivity index (χ2n) is 5.24. The molecule has 1 aliphatic rings. The third-order valence-corrected chi connectivity index (χ3v) is 5.81. The average Bonchev–Trinajstić information content (AvgIpc) is 3.10. The highest BCUT2D eigenvalue weighted by molar-refractivity contribution is 7.91. The normalized spacial score (nSPS) is 28.2. The number of carbonyl (C=O) groups excluding carboxylic acids is 1. The van der Waals surface area contributed by atoms with Crippen molar-refractivity contribution in [3.05, 3.63) is 34.9 Å². The summed E-state index contributed by atoms with van der Waals surface area (Å²) in [5, 5.41) is -0.306. The van der Waals surface area contributed by atoms with Gasteiger partial charge in [0.15, 0.2) is 9.84 Å². The van der Waals surface area contributed by atoms with Gasteiger partial charge in [-0.3, -0.25) is 4.79 Å². The first kappa shape index (κ1) is 16.3. The fourth-order valence-corrected chi connectivity index (χ4v) is 5.06. The summed E-state index contributed by atoms with van der Waals surface area (Å²) in [5.41, 5.74) is 5.29. The van der Waals surface area contributed by atoms with Crippen molar-refractivity contribution in [3.63, 3.8) is 0 Å². The lowest BCUT2D eigenvalue weighted by Crippen LogP contribution is -2.33. The molecule has 0 amide bonds. The highest BCUT2D eigenvalue weighted by atomic mass is 35.5. The Morgan fingerprint density at radius 1 is 1.38 bits per heavy atom. The van der Waals surface area contributed by atoms with Crippen LogP contribution in [0, 0.1) is 5.41 Å². The van der Waals surface area contributed by atoms with Gasteiger partial charge >= 0.3 is 5.97 Å². The van der Waals surface area contributed by atoms with Gasteiger partial charge in [0.05, 0.1) is 11.9 Å². The monoisotopic (exact) mass is 331 g/mol. The lowest BCUT2D eigenvalue weighted by molar-refractivity contribution is -0.149. The van der Waals surface area contributed by atoms with Gasteiger partial charge in [0.1, 0.15) is 5.41 Å². The van der Waals surface area contributed by atoms with Crippen LogP contribution in [0.5, 0.6) is 0 Å². The summed E-state index contributed by atoms with van der Waals surface area (Å²) in [6.07, 6.45) is 1.12. The molecule has 0 unspecified atom stereocenters. The van der Waals surface area contributed by atoms with Crippen LogP contribution < -0.4 is 5.73 Å². The van der Waals surface area contributed by atoms with E-state index in [0.717, 1.165) is 11.8 Å². The Morgan fingerprint density at radius 3 is 2.38 bits per heavy atom. The Labute approximate surface area is 129 Å². The van der Waals surface area contributed by atoms with E-state index in [1.165, 1.54) is 0 Å². The van der Waals surface area contributed by atoms with Gasteiger partial charge in [0.25, 0.3) is 0 Å². The molecule has 5 nitrogen and oxygen atoms in total. The molecular weight excluding hydrogens is 314 g/mol. The lowest BCUT2D eigenvalue weighted by atomic mass is 9.99. The van der Waals surface area contributed by atoms with Gasteiger partial charge < -0.3 is 10.5 Å². The maximum atomic E-state index is 12.3. The van der Waals surface area contributed by atoms with Crippen molar-refractivity contribution in [2.45, 2.75) is 18.1 Å². The minimum absolute atomic E-state index is 0.0726. The molecule has 7 heteroatoms. The lowest BCUT2D eigenvalue weighted by Gasteiger charge is -2.14. The van der Waals surface area contributed by atoms with Crippen LogP contribution in [-0.2, 0) is 19.4 Å². The number of hydrogen-bond acceptors (Lipinski definition) is 5. The van der Waals surface area contributed by atoms with E-state index < -0.39 is 32.4 Å². The molecule has 0 bridgehead atoms. The molecule has 0 aliphatic heterocycles. The zero-order valence-electron chi connectivity index (χ0n) is 11.9. The van der Waals surface area contributed by atoms with Gasteiger partial charge in [-0.15, -0.1) is 0 Å². The first-order valence-electron chi connectivity index (χ1n) is 6.60. The van der Waals surface area contributed by atoms with Crippen molar-refractivity contribution in [2.75, 3.05) is 19.4 Å². The van der Waals surface area contributed by atoms with E-state index in [1.807, 2.05) is 0 Å². The fraction of sp³-hybridized carbons (Fsp3) is 0.500. The van der Waals surface area contributed by atoms with Crippen molar-refractivity contribution in [1.29, 1.82) is 0 Å². The van der Waals surface area contributed by atoms with E-state index >= 15 is 0 Å². The van der Waals surface area contributed by atoms with Crippen LogP contribution in [0.15, 0.2) is 24.3 Å². The SMILES string of the molecule is CCOC(=O)[C@@]1(CN)[C@@H](c2ccc(Cl)cc2)[C@@H]1S(C)(=O)=O. The van der Waals surface area contributed by atoms with Gasteiger partial charge in [-0.25, -0.2) is 8.42 Å². The Morgan fingerprint density at radius 2 is 1.95 bits per heavy atom. The summed E-state index contributed by atoms with van der Waals surface area (Å²) in [5.74, 6) is -1.04. The molecule has 2 rings (SSSR count). The van der Waals surface area contributed by atoms with Gasteiger partial charge in [0.2, 0.25) is 0 Å². The molecule has 0 heterocycles. The summed E-state index contributed by atoms with van der Waals surface area (Å²) in [6.45, 7) is 1.79. The highest BCUT2D eigenvalue weighted by Gasteiger charge is 2.74. The Hall–Kier alpha value is -1.11. The summed E-state index contributed by atoms with van der Waals surface area (Å²) >= 11 is 5.85. The molecule has 1 aromatic carbocycles. The molecular formula is C14H18ClNO4S. The van der Waals surface area contributed by atoms with E-state index in [1.54, 1.807) is 31.2 Å². The minimum Gasteiger partial charge on any atom is -0.465 e. The van der Waals surface area contributed by atoms with Crippen LogP contribution in [0.4, 0.5) is 0 Å². The second-order valence-corrected chi connectivity index (χ2v) is 7.85. The molecule has 3 atom stereocenters. The minimum atomic E-state index is -3.43. The predicted molar refractivity (Wildman–Crippen MR) is 80.9 cm³/mol. The quantitative estimate of drug-likeness (QED) is 0.823. The topological polar surface area (TPSA) is 86.5 Å². The van der Waals surface area contributed by atoms with E-state index in [0.29, 0.717) is 5.02 Å². The molecule has 1 fully saturated rings. The third-order valence-electron chi connectivity index (χ3n) is 3.94. The zero-order valence-corrected chi connectivity index (χ0v) is 13.4. The number of benzene rings is 1. The summed E-state index contributed by atoms with van der Waals surface area (Å²) in [7, 11) is -3.43. The number of esters is 1. The van der Waals surface area contributed by atoms with Crippen LogP contribution in [0.2, 0.25) is 5.02 Å². The first-order chi connectivity index (χ1) is 9.79. The maximum Gasteiger partial charge on any atom is 0.315 e. The van der Waals surface area contributed by atoms with Crippen molar-refractivity contribution in [3.8, 4) is 0 Å². The van der Waals surface area contributed by atoms with Crippen LogP contribution >= 0.6 is 11.6 Å². The van der Waals surface area contributed by atoms with Crippen LogP contribution in [-0.4, -0.2) is 39.0 Å². The van der Waals surface area contributed by atoms with Gasteiger partial charge in [-0.05, 0) is 24.6 Å². The number of ether oxygens (including phenoxy) is 1. The second kappa shape index (κ2) is 5.59. The molecule has 1 aliphatic carbocycles. The van der Waals surface area contributed by atoms with Gasteiger partial charge in [-0.1, -0.05) is 23.7 Å². The smallest absolute Gasteiger partial charge is 0.315 e. The number of rotatable bonds is 5. The van der Waals surface area contributed by atoms with Crippen molar-refractivity contribution in [1.82, 2.24) is 0 Å². The van der Waals surface area contributed by atoms with Crippen molar-refractivity contribution in [2.24, 2.45) is 11.1 Å². The largest absolute Gasteiger partial charge is 0.465 e. The van der Waals surface area contributed by atoms with E-state index in [4.69, 9.17) is 22.1 Å². The Balaban J connectivity index is 2.47. The summed E-state index contributed by atoms with van der Waals surface area (Å²) in [6, 6.07) is 6.78. The van der Waals surface area contributed by atoms with E-state index in [9.17, 15) is 13.2 Å². The molecule has 0 aromatic heterocycles. The zero-order chi connectivity index (χ0) is 15.8. The highest BCUT2D eigenvalue weighted by Crippen LogP contribution is 2.62. The van der Waals surface area contributed by atoms with E-state index in [-0.39, 0.29) is 13.2 Å². The van der Waals surface area contributed by atoms with Gasteiger partial charge in [0, 0.05) is 23.7 Å². The number of halogens is 1. The first-order valence-corrected chi connectivity index (χ1v) is 8.94. The number of hydrogen-bond donors (Lipinski definition) is 1. The predicted octanol–water partition coefficient (Wildman–Crippen LogP) is 1.36. The summed E-state index contributed by atoms with van der Waals surface area (Å²) in [4.78, 5) is 12.3. The number of nitrogens with two attached hydrogens (primary N) is 1.